The molecular weight excluding hydrogens is 208 g/mol. The van der Waals surface area contributed by atoms with Gasteiger partial charge in [0.1, 0.15) is 0 Å². The Morgan fingerprint density at radius 3 is 2.30 bits per heavy atom. The third kappa shape index (κ3) is 8.83. The zero-order valence-corrected chi connectivity index (χ0v) is 9.13. The molecule has 0 aromatic carbocycles. The van der Waals surface area contributed by atoms with E-state index in [1.54, 1.807) is 0 Å². The first kappa shape index (κ1) is 10.8. The van der Waals surface area contributed by atoms with Gasteiger partial charge in [-0.2, -0.15) is 12.6 Å². The third-order valence-electron chi connectivity index (χ3n) is 1.55. The van der Waals surface area contributed by atoms with Gasteiger partial charge < -0.3 is 0 Å². The van der Waals surface area contributed by atoms with E-state index in [2.05, 4.69) is 35.5 Å². The fraction of sp³-hybridized carbons (Fsp3) is 1.00. The van der Waals surface area contributed by atoms with E-state index in [0.717, 1.165) is 0 Å². The summed E-state index contributed by atoms with van der Waals surface area (Å²) in [5, 5.41) is 0. The Bertz CT molecular complexity index is 64.3. The van der Waals surface area contributed by atoms with Gasteiger partial charge in [0.25, 0.3) is 0 Å². The van der Waals surface area contributed by atoms with Gasteiger partial charge in [-0.25, -0.2) is 0 Å². The minimum atomic E-state index is 0.411. The SMILES string of the molecule is CCCCCCCC(S)Br. The first-order valence-corrected chi connectivity index (χ1v) is 5.52. The maximum Gasteiger partial charge on any atom is 0.0570 e. The normalized spacial score (nSPS) is 13.5. The molecule has 0 bridgehead atoms. The molecule has 1 unspecified atom stereocenters. The Morgan fingerprint density at radius 2 is 1.80 bits per heavy atom. The van der Waals surface area contributed by atoms with Gasteiger partial charge in [0.15, 0.2) is 0 Å². The van der Waals surface area contributed by atoms with E-state index in [1.807, 2.05) is 0 Å². The van der Waals surface area contributed by atoms with Crippen molar-refractivity contribution in [3.8, 4) is 0 Å². The second-order valence-electron chi connectivity index (χ2n) is 2.64. The number of unbranched alkanes of at least 4 members (excludes halogenated alkanes) is 4. The topological polar surface area (TPSA) is 0 Å². The number of thiol groups is 1. The average molecular weight is 225 g/mol. The lowest BCUT2D eigenvalue weighted by Gasteiger charge is -2.00. The molecule has 0 amide bonds. The Hall–Kier alpha value is 0.830. The third-order valence-corrected chi connectivity index (χ3v) is 2.26. The highest BCUT2D eigenvalue weighted by Crippen LogP contribution is 2.14. The van der Waals surface area contributed by atoms with Gasteiger partial charge >= 0.3 is 0 Å². The van der Waals surface area contributed by atoms with E-state index < -0.39 is 0 Å². The lowest BCUT2D eigenvalue weighted by atomic mass is 10.1. The largest absolute Gasteiger partial charge is 0.164 e. The molecule has 62 valence electrons. The van der Waals surface area contributed by atoms with Gasteiger partial charge in [0.2, 0.25) is 0 Å². The molecule has 0 rings (SSSR count). The quantitative estimate of drug-likeness (QED) is 0.394. The van der Waals surface area contributed by atoms with Crippen LogP contribution in [0.15, 0.2) is 0 Å². The van der Waals surface area contributed by atoms with Crippen LogP contribution in [-0.2, 0) is 0 Å². The van der Waals surface area contributed by atoms with Gasteiger partial charge in [-0.15, -0.1) is 0 Å². The molecule has 0 aromatic rings. The number of hydrogen-bond donors (Lipinski definition) is 1. The average Bonchev–Trinajstić information content (AvgIpc) is 1.87. The summed E-state index contributed by atoms with van der Waals surface area (Å²) >= 11 is 7.65. The van der Waals surface area contributed by atoms with Crippen LogP contribution in [-0.4, -0.2) is 4.16 Å². The molecule has 0 fully saturated rings. The highest BCUT2D eigenvalue weighted by atomic mass is 79.9. The highest BCUT2D eigenvalue weighted by molar-refractivity contribution is 9.11. The fourth-order valence-corrected chi connectivity index (χ4v) is 1.42. The van der Waals surface area contributed by atoms with Crippen molar-refractivity contribution in [2.45, 2.75) is 49.6 Å². The Morgan fingerprint density at radius 1 is 1.20 bits per heavy atom. The van der Waals surface area contributed by atoms with Crippen molar-refractivity contribution >= 4 is 28.6 Å². The van der Waals surface area contributed by atoms with Crippen molar-refractivity contribution in [2.24, 2.45) is 0 Å². The van der Waals surface area contributed by atoms with E-state index in [9.17, 15) is 0 Å². The van der Waals surface area contributed by atoms with Crippen LogP contribution in [0, 0.1) is 0 Å². The fourth-order valence-electron chi connectivity index (χ4n) is 0.916. The van der Waals surface area contributed by atoms with Crippen LogP contribution in [0.5, 0.6) is 0 Å². The minimum absolute atomic E-state index is 0.411. The van der Waals surface area contributed by atoms with Crippen LogP contribution in [0.3, 0.4) is 0 Å². The maximum atomic E-state index is 4.24. The minimum Gasteiger partial charge on any atom is -0.164 e. The molecule has 0 aromatic heterocycles. The summed E-state index contributed by atoms with van der Waals surface area (Å²) in [4.78, 5) is 0. The predicted octanol–water partition coefficient (Wildman–Crippen LogP) is 4.00. The van der Waals surface area contributed by atoms with Crippen molar-refractivity contribution in [3.63, 3.8) is 0 Å². The Labute approximate surface area is 78.3 Å². The summed E-state index contributed by atoms with van der Waals surface area (Å²) < 4.78 is 0.411. The Kier molecular flexibility index (Phi) is 8.59. The standard InChI is InChI=1S/C8H17BrS/c1-2-3-4-5-6-7-8(9)10/h8,10H,2-7H2,1H3. The van der Waals surface area contributed by atoms with Gasteiger partial charge in [0, 0.05) is 0 Å². The lowest BCUT2D eigenvalue weighted by molar-refractivity contribution is 0.624. The second kappa shape index (κ2) is 7.93. The molecule has 0 nitrogen and oxygen atoms in total. The first-order chi connectivity index (χ1) is 4.77. The lowest BCUT2D eigenvalue weighted by Crippen LogP contribution is -1.85. The second-order valence-corrected chi connectivity index (χ2v) is 5.07. The highest BCUT2D eigenvalue weighted by Gasteiger charge is 1.94. The summed E-state index contributed by atoms with van der Waals surface area (Å²) in [6, 6.07) is 0. The molecule has 10 heavy (non-hydrogen) atoms. The monoisotopic (exact) mass is 224 g/mol. The summed E-state index contributed by atoms with van der Waals surface area (Å²) in [6.45, 7) is 2.24. The summed E-state index contributed by atoms with van der Waals surface area (Å²) in [5.41, 5.74) is 0. The van der Waals surface area contributed by atoms with Gasteiger partial charge in [-0.05, 0) is 6.42 Å². The first-order valence-electron chi connectivity index (χ1n) is 4.09. The number of alkyl halides is 1. The van der Waals surface area contributed by atoms with Crippen molar-refractivity contribution in [3.05, 3.63) is 0 Å². The maximum absolute atomic E-state index is 4.24. The molecule has 0 radical (unpaired) electrons. The van der Waals surface area contributed by atoms with Gasteiger partial charge in [0.05, 0.1) is 4.16 Å². The van der Waals surface area contributed by atoms with Crippen molar-refractivity contribution in [2.75, 3.05) is 0 Å². The van der Waals surface area contributed by atoms with Crippen LogP contribution in [0.1, 0.15) is 45.4 Å². The van der Waals surface area contributed by atoms with E-state index >= 15 is 0 Å². The molecule has 0 N–H and O–H groups in total. The zero-order chi connectivity index (χ0) is 7.82. The molecule has 1 atom stereocenters. The van der Waals surface area contributed by atoms with Crippen LogP contribution >= 0.6 is 28.6 Å². The molecule has 0 aliphatic heterocycles. The zero-order valence-electron chi connectivity index (χ0n) is 6.65. The Balaban J connectivity index is 2.77. The van der Waals surface area contributed by atoms with Crippen LogP contribution in [0.25, 0.3) is 0 Å². The van der Waals surface area contributed by atoms with E-state index in [-0.39, 0.29) is 0 Å². The number of halogens is 1. The molecule has 0 aliphatic carbocycles. The van der Waals surface area contributed by atoms with Crippen LogP contribution in [0.4, 0.5) is 0 Å². The van der Waals surface area contributed by atoms with Crippen molar-refractivity contribution in [1.82, 2.24) is 0 Å². The van der Waals surface area contributed by atoms with Crippen LogP contribution in [0.2, 0.25) is 0 Å². The predicted molar refractivity (Wildman–Crippen MR) is 55.1 cm³/mol. The van der Waals surface area contributed by atoms with Gasteiger partial charge in [-0.3, -0.25) is 0 Å². The van der Waals surface area contributed by atoms with Crippen molar-refractivity contribution in [1.29, 1.82) is 0 Å². The summed E-state index contributed by atoms with van der Waals surface area (Å²) in [6.07, 6.45) is 8.00. The molecule has 0 saturated heterocycles. The van der Waals surface area contributed by atoms with E-state index in [0.29, 0.717) is 4.16 Å². The molecule has 0 heterocycles. The molecule has 0 aliphatic rings. The molecule has 0 spiro atoms. The number of rotatable bonds is 6. The van der Waals surface area contributed by atoms with E-state index in [1.165, 1.54) is 38.5 Å². The summed E-state index contributed by atoms with van der Waals surface area (Å²) in [5.74, 6) is 0. The smallest absolute Gasteiger partial charge is 0.0570 e. The van der Waals surface area contributed by atoms with E-state index in [4.69, 9.17) is 0 Å². The van der Waals surface area contributed by atoms with Crippen molar-refractivity contribution < 1.29 is 0 Å². The van der Waals surface area contributed by atoms with Crippen LogP contribution < -0.4 is 0 Å². The molecule has 2 heteroatoms. The molecular formula is C8H17BrS. The molecule has 0 saturated carbocycles. The number of hydrogen-bond acceptors (Lipinski definition) is 1. The summed E-state index contributed by atoms with van der Waals surface area (Å²) in [7, 11) is 0. The van der Waals surface area contributed by atoms with Gasteiger partial charge in [-0.1, -0.05) is 55.0 Å².